The van der Waals surface area contributed by atoms with E-state index in [2.05, 4.69) is 4.98 Å². The van der Waals surface area contributed by atoms with Crippen molar-refractivity contribution in [3.05, 3.63) is 40.8 Å². The van der Waals surface area contributed by atoms with E-state index < -0.39 is 0 Å². The standard InChI is InChI=1S/C11H11N3OS/c1-14(9-4-5-13-7-8(9)12)11(15)10-3-2-6-16-10/h2-7H,12H2,1H3. The summed E-state index contributed by atoms with van der Waals surface area (Å²) < 4.78 is 0. The minimum absolute atomic E-state index is 0.0621. The Kier molecular flexibility index (Phi) is 2.87. The molecule has 4 nitrogen and oxygen atoms in total. The minimum atomic E-state index is -0.0621. The van der Waals surface area contributed by atoms with Crippen LogP contribution >= 0.6 is 11.3 Å². The number of carbonyl (C=O) groups excluding carboxylic acids is 1. The van der Waals surface area contributed by atoms with Crippen molar-refractivity contribution >= 4 is 28.6 Å². The van der Waals surface area contributed by atoms with Crippen molar-refractivity contribution in [3.63, 3.8) is 0 Å². The SMILES string of the molecule is CN(C(=O)c1cccs1)c1ccncc1N. The first-order chi connectivity index (χ1) is 7.70. The highest BCUT2D eigenvalue weighted by molar-refractivity contribution is 7.12. The normalized spacial score (nSPS) is 10.1. The predicted molar refractivity (Wildman–Crippen MR) is 65.7 cm³/mol. The highest BCUT2D eigenvalue weighted by atomic mass is 32.1. The largest absolute Gasteiger partial charge is 0.396 e. The van der Waals surface area contributed by atoms with Crippen LogP contribution in [0.5, 0.6) is 0 Å². The molecule has 0 spiro atoms. The summed E-state index contributed by atoms with van der Waals surface area (Å²) in [5.41, 5.74) is 6.93. The number of hydrogen-bond donors (Lipinski definition) is 1. The van der Waals surface area contributed by atoms with E-state index in [0.717, 1.165) is 0 Å². The molecule has 2 heterocycles. The predicted octanol–water partition coefficient (Wildman–Crippen LogP) is 2.00. The number of amides is 1. The molecule has 0 aliphatic carbocycles. The van der Waals surface area contributed by atoms with Gasteiger partial charge in [-0.05, 0) is 17.5 Å². The number of aromatic nitrogens is 1. The van der Waals surface area contributed by atoms with E-state index in [9.17, 15) is 4.79 Å². The van der Waals surface area contributed by atoms with Crippen molar-refractivity contribution in [2.24, 2.45) is 0 Å². The van der Waals surface area contributed by atoms with Gasteiger partial charge < -0.3 is 10.6 Å². The molecule has 0 fully saturated rings. The monoisotopic (exact) mass is 233 g/mol. The molecule has 0 aliphatic rings. The van der Waals surface area contributed by atoms with Crippen LogP contribution in [0.4, 0.5) is 11.4 Å². The molecule has 1 amide bonds. The fourth-order valence-corrected chi connectivity index (χ4v) is 2.08. The summed E-state index contributed by atoms with van der Waals surface area (Å²) in [7, 11) is 1.70. The lowest BCUT2D eigenvalue weighted by Gasteiger charge is -2.17. The third-order valence-electron chi connectivity index (χ3n) is 2.23. The second kappa shape index (κ2) is 4.32. The number of thiophene rings is 1. The lowest BCUT2D eigenvalue weighted by molar-refractivity contribution is 0.0997. The van der Waals surface area contributed by atoms with Crippen molar-refractivity contribution in [2.45, 2.75) is 0 Å². The zero-order valence-corrected chi connectivity index (χ0v) is 9.57. The Labute approximate surface area is 97.3 Å². The molecule has 5 heteroatoms. The van der Waals surface area contributed by atoms with Crippen molar-refractivity contribution < 1.29 is 4.79 Å². The maximum Gasteiger partial charge on any atom is 0.268 e. The van der Waals surface area contributed by atoms with Gasteiger partial charge in [-0.1, -0.05) is 6.07 Å². The van der Waals surface area contributed by atoms with Crippen LogP contribution in [-0.4, -0.2) is 17.9 Å². The first-order valence-corrected chi connectivity index (χ1v) is 5.59. The smallest absolute Gasteiger partial charge is 0.268 e. The number of rotatable bonds is 2. The van der Waals surface area contributed by atoms with E-state index in [1.165, 1.54) is 22.4 Å². The van der Waals surface area contributed by atoms with Gasteiger partial charge >= 0.3 is 0 Å². The third-order valence-corrected chi connectivity index (χ3v) is 3.08. The van der Waals surface area contributed by atoms with E-state index in [1.807, 2.05) is 11.4 Å². The van der Waals surface area contributed by atoms with Crippen LogP contribution in [0, 0.1) is 0 Å². The van der Waals surface area contributed by atoms with Gasteiger partial charge in [-0.2, -0.15) is 0 Å². The second-order valence-corrected chi connectivity index (χ2v) is 4.22. The van der Waals surface area contributed by atoms with E-state index in [0.29, 0.717) is 16.3 Å². The van der Waals surface area contributed by atoms with Gasteiger partial charge in [0.15, 0.2) is 0 Å². The highest BCUT2D eigenvalue weighted by Crippen LogP contribution is 2.22. The summed E-state index contributed by atoms with van der Waals surface area (Å²) in [6.07, 6.45) is 3.15. The van der Waals surface area contributed by atoms with Gasteiger partial charge in [0.25, 0.3) is 5.91 Å². The molecular weight excluding hydrogens is 222 g/mol. The lowest BCUT2D eigenvalue weighted by atomic mass is 10.3. The molecule has 2 aromatic rings. The summed E-state index contributed by atoms with van der Waals surface area (Å²) in [4.78, 5) is 18.1. The summed E-state index contributed by atoms with van der Waals surface area (Å²) in [6, 6.07) is 5.36. The molecule has 0 saturated carbocycles. The van der Waals surface area contributed by atoms with Gasteiger partial charge in [-0.25, -0.2) is 0 Å². The number of nitrogen functional groups attached to an aromatic ring is 1. The Balaban J connectivity index is 2.30. The molecule has 0 unspecified atom stereocenters. The van der Waals surface area contributed by atoms with Crippen molar-refractivity contribution in [3.8, 4) is 0 Å². The number of nitrogens with zero attached hydrogens (tertiary/aromatic N) is 2. The van der Waals surface area contributed by atoms with Crippen molar-refractivity contribution in [1.29, 1.82) is 0 Å². The molecule has 2 N–H and O–H groups in total. The molecule has 16 heavy (non-hydrogen) atoms. The van der Waals surface area contributed by atoms with E-state index in [4.69, 9.17) is 5.73 Å². The van der Waals surface area contributed by atoms with E-state index in [-0.39, 0.29) is 5.91 Å². The fourth-order valence-electron chi connectivity index (χ4n) is 1.38. The quantitative estimate of drug-likeness (QED) is 0.863. The van der Waals surface area contributed by atoms with Crippen LogP contribution in [0.25, 0.3) is 0 Å². The average molecular weight is 233 g/mol. The van der Waals surface area contributed by atoms with Crippen LogP contribution in [0.3, 0.4) is 0 Å². The number of carbonyl (C=O) groups is 1. The summed E-state index contributed by atoms with van der Waals surface area (Å²) >= 11 is 1.41. The molecule has 0 aromatic carbocycles. The van der Waals surface area contributed by atoms with Gasteiger partial charge in [0, 0.05) is 13.2 Å². The number of hydrogen-bond acceptors (Lipinski definition) is 4. The zero-order chi connectivity index (χ0) is 11.5. The van der Waals surface area contributed by atoms with E-state index in [1.54, 1.807) is 25.4 Å². The van der Waals surface area contributed by atoms with Crippen molar-refractivity contribution in [1.82, 2.24) is 4.98 Å². The fraction of sp³-hybridized carbons (Fsp3) is 0.0909. The Morgan fingerprint density at radius 3 is 2.94 bits per heavy atom. The van der Waals surface area contributed by atoms with Crippen LogP contribution in [0.1, 0.15) is 9.67 Å². The van der Waals surface area contributed by atoms with Crippen LogP contribution in [0.2, 0.25) is 0 Å². The second-order valence-electron chi connectivity index (χ2n) is 3.28. The molecule has 2 aromatic heterocycles. The summed E-state index contributed by atoms with van der Waals surface area (Å²) in [6.45, 7) is 0. The Hall–Kier alpha value is -1.88. The zero-order valence-electron chi connectivity index (χ0n) is 8.75. The maximum absolute atomic E-state index is 12.0. The van der Waals surface area contributed by atoms with Gasteiger partial charge in [-0.15, -0.1) is 11.3 Å². The highest BCUT2D eigenvalue weighted by Gasteiger charge is 2.15. The molecule has 0 aliphatic heterocycles. The molecule has 82 valence electrons. The van der Waals surface area contributed by atoms with Crippen LogP contribution < -0.4 is 10.6 Å². The molecular formula is C11H11N3OS. The van der Waals surface area contributed by atoms with Gasteiger partial charge in [0.2, 0.25) is 0 Å². The van der Waals surface area contributed by atoms with Crippen molar-refractivity contribution in [2.75, 3.05) is 17.7 Å². The molecule has 0 saturated heterocycles. The molecule has 0 atom stereocenters. The maximum atomic E-state index is 12.0. The Bertz CT molecular complexity index is 496. The summed E-state index contributed by atoms with van der Waals surface area (Å²) in [5.74, 6) is -0.0621. The summed E-state index contributed by atoms with van der Waals surface area (Å²) in [5, 5.41) is 1.87. The Morgan fingerprint density at radius 2 is 2.31 bits per heavy atom. The molecule has 0 radical (unpaired) electrons. The number of nitrogens with two attached hydrogens (primary N) is 1. The number of anilines is 2. The van der Waals surface area contributed by atoms with E-state index >= 15 is 0 Å². The number of pyridine rings is 1. The minimum Gasteiger partial charge on any atom is -0.396 e. The molecule has 0 bridgehead atoms. The Morgan fingerprint density at radius 1 is 1.50 bits per heavy atom. The average Bonchev–Trinajstić information content (AvgIpc) is 2.81. The van der Waals surface area contributed by atoms with Crippen LogP contribution in [-0.2, 0) is 0 Å². The van der Waals surface area contributed by atoms with Gasteiger partial charge in [0.1, 0.15) is 0 Å². The lowest BCUT2D eigenvalue weighted by Crippen LogP contribution is -2.26. The topological polar surface area (TPSA) is 59.2 Å². The first-order valence-electron chi connectivity index (χ1n) is 4.71. The third kappa shape index (κ3) is 1.90. The molecule has 2 rings (SSSR count). The van der Waals surface area contributed by atoms with Gasteiger partial charge in [-0.3, -0.25) is 9.78 Å². The van der Waals surface area contributed by atoms with Crippen LogP contribution in [0.15, 0.2) is 36.0 Å². The first kappa shape index (κ1) is 10.6. The van der Waals surface area contributed by atoms with Gasteiger partial charge in [0.05, 0.1) is 22.4 Å².